The van der Waals surface area contributed by atoms with Gasteiger partial charge in [-0.05, 0) is 25.8 Å². The van der Waals surface area contributed by atoms with Crippen LogP contribution in [0.3, 0.4) is 0 Å². The highest BCUT2D eigenvalue weighted by Gasteiger charge is 2.24. The zero-order valence-corrected chi connectivity index (χ0v) is 11.3. The Morgan fingerprint density at radius 2 is 2.32 bits per heavy atom. The number of imidazole rings is 1. The average Bonchev–Trinajstić information content (AvgIpc) is 2.65. The quantitative estimate of drug-likeness (QED) is 0.875. The number of fused-ring (bicyclic) bond motifs is 1. The normalized spacial score (nSPS) is 23.9. The van der Waals surface area contributed by atoms with E-state index in [-0.39, 0.29) is 17.2 Å². The SMILES string of the molecule is CC1CC(n2c(N)nc3cc(F)c(Cl)cc32)CCO1. The molecule has 1 aromatic carbocycles. The Balaban J connectivity index is 2.12. The molecule has 102 valence electrons. The molecule has 0 aliphatic carbocycles. The van der Waals surface area contributed by atoms with Crippen molar-refractivity contribution in [1.82, 2.24) is 9.55 Å². The van der Waals surface area contributed by atoms with Crippen molar-refractivity contribution in [2.24, 2.45) is 0 Å². The maximum Gasteiger partial charge on any atom is 0.201 e. The maximum atomic E-state index is 13.5. The second-order valence-corrected chi connectivity index (χ2v) is 5.36. The Morgan fingerprint density at radius 3 is 3.05 bits per heavy atom. The van der Waals surface area contributed by atoms with Crippen molar-refractivity contribution in [1.29, 1.82) is 0 Å². The number of rotatable bonds is 1. The number of nitrogens with two attached hydrogens (primary N) is 1. The molecule has 1 aromatic heterocycles. The van der Waals surface area contributed by atoms with Gasteiger partial charge in [-0.1, -0.05) is 11.6 Å². The van der Waals surface area contributed by atoms with Gasteiger partial charge >= 0.3 is 0 Å². The summed E-state index contributed by atoms with van der Waals surface area (Å²) in [5, 5.41) is 0.0914. The van der Waals surface area contributed by atoms with E-state index in [0.717, 1.165) is 18.4 Å². The molecule has 0 bridgehead atoms. The fourth-order valence-corrected chi connectivity index (χ4v) is 2.86. The smallest absolute Gasteiger partial charge is 0.201 e. The summed E-state index contributed by atoms with van der Waals surface area (Å²) < 4.78 is 20.9. The van der Waals surface area contributed by atoms with Crippen molar-refractivity contribution in [3.8, 4) is 0 Å². The lowest BCUT2D eigenvalue weighted by Gasteiger charge is -2.29. The third kappa shape index (κ3) is 2.17. The average molecular weight is 284 g/mol. The van der Waals surface area contributed by atoms with Crippen LogP contribution in [0.4, 0.5) is 10.3 Å². The van der Waals surface area contributed by atoms with Crippen LogP contribution in [0.25, 0.3) is 11.0 Å². The first-order chi connectivity index (χ1) is 9.06. The van der Waals surface area contributed by atoms with Crippen LogP contribution in [0.15, 0.2) is 12.1 Å². The molecule has 3 rings (SSSR count). The topological polar surface area (TPSA) is 53.1 Å². The standard InChI is InChI=1S/C13H15ClFN3O/c1-7-4-8(2-3-19-7)18-12-5-9(14)10(15)6-11(12)17-13(18)16/h5-8H,2-4H2,1H3,(H2,16,17). The van der Waals surface area contributed by atoms with Gasteiger partial charge in [-0.15, -0.1) is 0 Å². The Bertz CT molecular complexity index is 628. The number of hydrogen-bond acceptors (Lipinski definition) is 3. The first kappa shape index (κ1) is 12.7. The highest BCUT2D eigenvalue weighted by Crippen LogP contribution is 2.33. The zero-order chi connectivity index (χ0) is 13.6. The Hall–Kier alpha value is -1.33. The van der Waals surface area contributed by atoms with E-state index in [1.54, 1.807) is 6.07 Å². The zero-order valence-electron chi connectivity index (χ0n) is 10.6. The molecular formula is C13H15ClFN3O. The number of nitrogens with zero attached hydrogens (tertiary/aromatic N) is 2. The molecular weight excluding hydrogens is 269 g/mol. The van der Waals surface area contributed by atoms with Crippen LogP contribution >= 0.6 is 11.6 Å². The summed E-state index contributed by atoms with van der Waals surface area (Å²) in [6.45, 7) is 2.73. The van der Waals surface area contributed by atoms with E-state index < -0.39 is 5.82 Å². The van der Waals surface area contributed by atoms with Crippen molar-refractivity contribution < 1.29 is 9.13 Å². The molecule has 1 fully saturated rings. The molecule has 4 nitrogen and oxygen atoms in total. The van der Waals surface area contributed by atoms with Crippen molar-refractivity contribution in [2.75, 3.05) is 12.3 Å². The second kappa shape index (κ2) is 4.65. The summed E-state index contributed by atoms with van der Waals surface area (Å²) in [6.07, 6.45) is 1.92. The third-order valence-corrected chi connectivity index (χ3v) is 3.87. The van der Waals surface area contributed by atoms with Gasteiger partial charge in [0.15, 0.2) is 0 Å². The lowest BCUT2D eigenvalue weighted by atomic mass is 10.0. The summed E-state index contributed by atoms with van der Waals surface area (Å²) in [5.41, 5.74) is 7.30. The molecule has 0 amide bonds. The molecule has 1 aliphatic heterocycles. The summed E-state index contributed by atoms with van der Waals surface area (Å²) in [5.74, 6) is -0.0741. The molecule has 0 spiro atoms. The van der Waals surface area contributed by atoms with Gasteiger partial charge in [0.25, 0.3) is 0 Å². The van der Waals surface area contributed by atoms with Gasteiger partial charge < -0.3 is 15.0 Å². The minimum atomic E-state index is -0.473. The van der Waals surface area contributed by atoms with E-state index in [9.17, 15) is 4.39 Å². The van der Waals surface area contributed by atoms with E-state index >= 15 is 0 Å². The number of benzene rings is 1. The molecule has 2 atom stereocenters. The molecule has 1 aliphatic rings. The van der Waals surface area contributed by atoms with E-state index in [4.69, 9.17) is 22.1 Å². The third-order valence-electron chi connectivity index (χ3n) is 3.58. The van der Waals surface area contributed by atoms with Crippen LogP contribution in [-0.4, -0.2) is 22.3 Å². The Labute approximate surface area is 115 Å². The minimum absolute atomic E-state index is 0.0914. The summed E-state index contributed by atoms with van der Waals surface area (Å²) in [4.78, 5) is 4.22. The van der Waals surface area contributed by atoms with Crippen LogP contribution in [0, 0.1) is 5.82 Å². The molecule has 6 heteroatoms. The summed E-state index contributed by atoms with van der Waals surface area (Å²) >= 11 is 5.85. The Kier molecular flexibility index (Phi) is 3.11. The first-order valence-corrected chi connectivity index (χ1v) is 6.68. The van der Waals surface area contributed by atoms with Gasteiger partial charge in [0, 0.05) is 18.7 Å². The van der Waals surface area contributed by atoms with Gasteiger partial charge in [-0.2, -0.15) is 0 Å². The van der Waals surface area contributed by atoms with Crippen molar-refractivity contribution in [2.45, 2.75) is 31.9 Å². The molecule has 0 saturated carbocycles. The fraction of sp³-hybridized carbons (Fsp3) is 0.462. The van der Waals surface area contributed by atoms with E-state index in [1.165, 1.54) is 6.07 Å². The van der Waals surface area contributed by atoms with E-state index in [0.29, 0.717) is 18.1 Å². The molecule has 2 aromatic rings. The number of aromatic nitrogens is 2. The van der Waals surface area contributed by atoms with Gasteiger partial charge in [0.1, 0.15) is 5.82 Å². The van der Waals surface area contributed by atoms with E-state index in [2.05, 4.69) is 4.98 Å². The molecule has 19 heavy (non-hydrogen) atoms. The minimum Gasteiger partial charge on any atom is -0.378 e. The largest absolute Gasteiger partial charge is 0.378 e. The van der Waals surface area contributed by atoms with Crippen molar-refractivity contribution in [3.63, 3.8) is 0 Å². The summed E-state index contributed by atoms with van der Waals surface area (Å²) in [7, 11) is 0. The van der Waals surface area contributed by atoms with Crippen LogP contribution in [-0.2, 0) is 4.74 Å². The van der Waals surface area contributed by atoms with Gasteiger partial charge in [0.2, 0.25) is 5.95 Å². The highest BCUT2D eigenvalue weighted by atomic mass is 35.5. The fourth-order valence-electron chi connectivity index (χ4n) is 2.70. The van der Waals surface area contributed by atoms with Crippen LogP contribution in [0.5, 0.6) is 0 Å². The van der Waals surface area contributed by atoms with Crippen LogP contribution in [0.1, 0.15) is 25.8 Å². The van der Waals surface area contributed by atoms with Gasteiger partial charge in [0.05, 0.1) is 22.2 Å². The molecule has 0 radical (unpaired) electrons. The van der Waals surface area contributed by atoms with Crippen molar-refractivity contribution in [3.05, 3.63) is 23.0 Å². The van der Waals surface area contributed by atoms with E-state index in [1.807, 2.05) is 11.5 Å². The van der Waals surface area contributed by atoms with Gasteiger partial charge in [-0.3, -0.25) is 0 Å². The number of anilines is 1. The van der Waals surface area contributed by atoms with Crippen LogP contribution < -0.4 is 5.73 Å². The maximum absolute atomic E-state index is 13.5. The molecule has 1 saturated heterocycles. The predicted molar refractivity (Wildman–Crippen MR) is 72.8 cm³/mol. The molecule has 2 N–H and O–H groups in total. The summed E-state index contributed by atoms with van der Waals surface area (Å²) in [6, 6.07) is 3.14. The number of hydrogen-bond donors (Lipinski definition) is 1. The van der Waals surface area contributed by atoms with Gasteiger partial charge in [-0.25, -0.2) is 9.37 Å². The number of ether oxygens (including phenoxy) is 1. The highest BCUT2D eigenvalue weighted by molar-refractivity contribution is 6.31. The Morgan fingerprint density at radius 1 is 1.53 bits per heavy atom. The van der Waals surface area contributed by atoms with Crippen LogP contribution in [0.2, 0.25) is 5.02 Å². The number of nitrogen functional groups attached to an aromatic ring is 1. The molecule has 2 heterocycles. The molecule has 2 unspecified atom stereocenters. The lowest BCUT2D eigenvalue weighted by Crippen LogP contribution is -2.26. The second-order valence-electron chi connectivity index (χ2n) is 4.95. The monoisotopic (exact) mass is 283 g/mol. The first-order valence-electron chi connectivity index (χ1n) is 6.30. The van der Waals surface area contributed by atoms with Crippen molar-refractivity contribution >= 4 is 28.6 Å². The predicted octanol–water partition coefficient (Wildman–Crippen LogP) is 3.15. The lowest BCUT2D eigenvalue weighted by molar-refractivity contribution is 0.00713. The number of halogens is 2.